The summed E-state index contributed by atoms with van der Waals surface area (Å²) in [5.74, 6) is 0.359. The van der Waals surface area contributed by atoms with Crippen LogP contribution in [0.4, 0.5) is 16.2 Å². The summed E-state index contributed by atoms with van der Waals surface area (Å²) in [4.78, 5) is 28.8. The summed E-state index contributed by atoms with van der Waals surface area (Å²) in [7, 11) is 1.59. The first-order valence-corrected chi connectivity index (χ1v) is 11.1. The number of hydrogen-bond acceptors (Lipinski definition) is 4. The van der Waals surface area contributed by atoms with Crippen molar-refractivity contribution in [2.45, 2.75) is 34.6 Å². The molecule has 0 heterocycles. The van der Waals surface area contributed by atoms with Crippen LogP contribution >= 0.6 is 0 Å². The molecule has 0 saturated heterocycles. The number of anilines is 2. The van der Waals surface area contributed by atoms with E-state index >= 15 is 0 Å². The fourth-order valence-electron chi connectivity index (χ4n) is 3.57. The largest absolute Gasteiger partial charge is 0.490 e. The summed E-state index contributed by atoms with van der Waals surface area (Å²) < 4.78 is 5.89. The molecule has 2 rings (SSSR count). The van der Waals surface area contributed by atoms with Crippen molar-refractivity contribution in [2.75, 3.05) is 50.5 Å². The second kappa shape index (κ2) is 12.1. The number of ether oxygens (including phenoxy) is 1. The number of nitrogens with zero attached hydrogens (tertiary/aromatic N) is 2. The van der Waals surface area contributed by atoms with Gasteiger partial charge in [0.15, 0.2) is 0 Å². The minimum absolute atomic E-state index is 0.0659. The lowest BCUT2D eigenvalue weighted by atomic mass is 10.1. The molecular weight excluding hydrogens is 404 g/mol. The van der Waals surface area contributed by atoms with Crippen LogP contribution in [-0.4, -0.2) is 61.6 Å². The molecule has 0 saturated carbocycles. The highest BCUT2D eigenvalue weighted by molar-refractivity contribution is 5.98. The third kappa shape index (κ3) is 7.27. The first-order valence-electron chi connectivity index (χ1n) is 11.1. The van der Waals surface area contributed by atoms with Crippen molar-refractivity contribution in [3.05, 3.63) is 53.1 Å². The predicted molar refractivity (Wildman–Crippen MR) is 131 cm³/mol. The van der Waals surface area contributed by atoms with Crippen molar-refractivity contribution in [1.82, 2.24) is 9.80 Å². The Labute approximate surface area is 191 Å². The number of carbonyl (C=O) groups excluding carboxylic acids is 2. The average molecular weight is 441 g/mol. The van der Waals surface area contributed by atoms with Gasteiger partial charge in [-0.05, 0) is 57.1 Å². The van der Waals surface area contributed by atoms with E-state index in [9.17, 15) is 9.59 Å². The van der Waals surface area contributed by atoms with Gasteiger partial charge in [0.2, 0.25) is 5.91 Å². The Balaban J connectivity index is 1.94. The number of carbonyl (C=O) groups is 2. The summed E-state index contributed by atoms with van der Waals surface area (Å²) in [6.07, 6.45) is 0. The molecule has 0 fully saturated rings. The number of para-hydroxylation sites is 2. The van der Waals surface area contributed by atoms with Gasteiger partial charge >= 0.3 is 6.03 Å². The molecule has 0 unspecified atom stereocenters. The quantitative estimate of drug-likeness (QED) is 0.573. The van der Waals surface area contributed by atoms with Crippen LogP contribution in [0, 0.1) is 20.8 Å². The Morgan fingerprint density at radius 1 is 0.969 bits per heavy atom. The van der Waals surface area contributed by atoms with Gasteiger partial charge < -0.3 is 25.2 Å². The summed E-state index contributed by atoms with van der Waals surface area (Å²) in [6.45, 7) is 13.4. The zero-order valence-corrected chi connectivity index (χ0v) is 20.1. The normalized spacial score (nSPS) is 10.7. The van der Waals surface area contributed by atoms with Crippen LogP contribution in [0.15, 0.2) is 36.4 Å². The summed E-state index contributed by atoms with van der Waals surface area (Å²) in [5.41, 5.74) is 4.51. The van der Waals surface area contributed by atoms with Gasteiger partial charge in [0.05, 0.1) is 5.69 Å². The smallest absolute Gasteiger partial charge is 0.322 e. The molecule has 2 aromatic rings. The lowest BCUT2D eigenvalue weighted by Crippen LogP contribution is -2.38. The molecule has 0 bridgehead atoms. The minimum atomic E-state index is -0.378. The molecule has 0 aliphatic rings. The second-order valence-corrected chi connectivity index (χ2v) is 7.98. The number of nitrogens with one attached hydrogen (secondary N) is 2. The number of rotatable bonds is 10. The second-order valence-electron chi connectivity index (χ2n) is 7.98. The van der Waals surface area contributed by atoms with Crippen molar-refractivity contribution in [2.24, 2.45) is 0 Å². The molecule has 3 amide bonds. The van der Waals surface area contributed by atoms with Crippen LogP contribution in [0.1, 0.15) is 30.5 Å². The van der Waals surface area contributed by atoms with E-state index in [2.05, 4.69) is 29.4 Å². The van der Waals surface area contributed by atoms with E-state index in [0.29, 0.717) is 18.0 Å². The van der Waals surface area contributed by atoms with E-state index < -0.39 is 0 Å². The molecule has 2 aromatic carbocycles. The monoisotopic (exact) mass is 440 g/mol. The standard InChI is InChI=1S/C25H36N4O3/c1-7-29(8-2)13-14-32-22-12-10-9-11-21(22)26-25(31)28(6)17-23(30)27-24-19(4)15-18(3)16-20(24)5/h9-12,15-16H,7-8,13-14,17H2,1-6H3,(H,26,31)(H,27,30). The lowest BCUT2D eigenvalue weighted by molar-refractivity contribution is -0.116. The number of amides is 3. The molecular formula is C25H36N4O3. The van der Waals surface area contributed by atoms with Crippen LogP contribution in [0.5, 0.6) is 5.75 Å². The molecule has 0 atom stereocenters. The van der Waals surface area contributed by atoms with Crippen LogP contribution in [-0.2, 0) is 4.79 Å². The van der Waals surface area contributed by atoms with Crippen LogP contribution in [0.2, 0.25) is 0 Å². The Morgan fingerprint density at radius 3 is 2.22 bits per heavy atom. The Bertz CT molecular complexity index is 902. The molecule has 0 spiro atoms. The molecule has 0 aliphatic heterocycles. The number of hydrogen-bond donors (Lipinski definition) is 2. The van der Waals surface area contributed by atoms with Gasteiger partial charge in [-0.2, -0.15) is 0 Å². The van der Waals surface area contributed by atoms with E-state index in [1.807, 2.05) is 51.1 Å². The van der Waals surface area contributed by atoms with Crippen LogP contribution in [0.3, 0.4) is 0 Å². The maximum atomic E-state index is 12.7. The molecule has 0 radical (unpaired) electrons. The predicted octanol–water partition coefficient (Wildman–Crippen LogP) is 4.43. The summed E-state index contributed by atoms with van der Waals surface area (Å²) in [5, 5.41) is 5.77. The average Bonchev–Trinajstić information content (AvgIpc) is 2.74. The fourth-order valence-corrected chi connectivity index (χ4v) is 3.57. The highest BCUT2D eigenvalue weighted by atomic mass is 16.5. The number of aryl methyl sites for hydroxylation is 3. The third-order valence-corrected chi connectivity index (χ3v) is 5.36. The van der Waals surface area contributed by atoms with Gasteiger partial charge in [0.25, 0.3) is 0 Å². The molecule has 32 heavy (non-hydrogen) atoms. The third-order valence-electron chi connectivity index (χ3n) is 5.36. The first-order chi connectivity index (χ1) is 15.2. The summed E-state index contributed by atoms with van der Waals surface area (Å²) in [6, 6.07) is 11.0. The van der Waals surface area contributed by atoms with Crippen LogP contribution < -0.4 is 15.4 Å². The lowest BCUT2D eigenvalue weighted by Gasteiger charge is -2.21. The Kier molecular flexibility index (Phi) is 9.53. The maximum absolute atomic E-state index is 12.7. The molecule has 2 N–H and O–H groups in total. The van der Waals surface area contributed by atoms with Gasteiger partial charge in [-0.25, -0.2) is 4.79 Å². The number of benzene rings is 2. The summed E-state index contributed by atoms with van der Waals surface area (Å²) >= 11 is 0. The zero-order chi connectivity index (χ0) is 23.7. The van der Waals surface area contributed by atoms with Gasteiger partial charge in [0, 0.05) is 19.3 Å². The minimum Gasteiger partial charge on any atom is -0.490 e. The van der Waals surface area contributed by atoms with E-state index in [1.165, 1.54) is 4.90 Å². The van der Waals surface area contributed by atoms with E-state index in [1.54, 1.807) is 13.1 Å². The maximum Gasteiger partial charge on any atom is 0.322 e. The van der Waals surface area contributed by atoms with Crippen molar-refractivity contribution >= 4 is 23.3 Å². The molecule has 0 aliphatic carbocycles. The number of urea groups is 1. The number of likely N-dealkylation sites (N-methyl/N-ethyl adjacent to an activating group) is 2. The SMILES string of the molecule is CCN(CC)CCOc1ccccc1NC(=O)N(C)CC(=O)Nc1c(C)cc(C)cc1C. The van der Waals surface area contributed by atoms with Gasteiger partial charge in [-0.3, -0.25) is 4.79 Å². The zero-order valence-electron chi connectivity index (χ0n) is 20.1. The fraction of sp³-hybridized carbons (Fsp3) is 0.440. The van der Waals surface area contributed by atoms with E-state index in [-0.39, 0.29) is 18.5 Å². The molecule has 174 valence electrons. The van der Waals surface area contributed by atoms with E-state index in [0.717, 1.165) is 42.0 Å². The molecule has 7 heteroatoms. The van der Waals surface area contributed by atoms with Crippen molar-refractivity contribution in [3.8, 4) is 5.75 Å². The Morgan fingerprint density at radius 2 is 1.59 bits per heavy atom. The van der Waals surface area contributed by atoms with Gasteiger partial charge in [0.1, 0.15) is 18.9 Å². The van der Waals surface area contributed by atoms with Gasteiger partial charge in [-0.1, -0.05) is 43.7 Å². The topological polar surface area (TPSA) is 73.9 Å². The van der Waals surface area contributed by atoms with Crippen molar-refractivity contribution in [3.63, 3.8) is 0 Å². The first kappa shape index (κ1) is 25.2. The van der Waals surface area contributed by atoms with Crippen molar-refractivity contribution < 1.29 is 14.3 Å². The van der Waals surface area contributed by atoms with Crippen LogP contribution in [0.25, 0.3) is 0 Å². The molecule has 0 aromatic heterocycles. The van der Waals surface area contributed by atoms with Crippen molar-refractivity contribution in [1.29, 1.82) is 0 Å². The molecule has 7 nitrogen and oxygen atoms in total. The van der Waals surface area contributed by atoms with E-state index in [4.69, 9.17) is 4.74 Å². The highest BCUT2D eigenvalue weighted by Gasteiger charge is 2.16. The van der Waals surface area contributed by atoms with Gasteiger partial charge in [-0.15, -0.1) is 0 Å². The Hall–Kier alpha value is -3.06. The highest BCUT2D eigenvalue weighted by Crippen LogP contribution is 2.24.